The monoisotopic (exact) mass is 484 g/mol. The average molecular weight is 485 g/mol. The summed E-state index contributed by atoms with van der Waals surface area (Å²) in [6.45, 7) is 7.42. The Morgan fingerprint density at radius 3 is 2.19 bits per heavy atom. The molecule has 4 aromatic rings. The van der Waals surface area contributed by atoms with Crippen molar-refractivity contribution >= 4 is 17.6 Å². The Morgan fingerprint density at radius 1 is 0.944 bits per heavy atom. The second-order valence-electron chi connectivity index (χ2n) is 9.00. The van der Waals surface area contributed by atoms with Crippen LogP contribution in [-0.2, 0) is 4.79 Å². The van der Waals surface area contributed by atoms with Crippen LogP contribution in [0.4, 0.5) is 10.2 Å². The zero-order valence-electron chi connectivity index (χ0n) is 20.8. The van der Waals surface area contributed by atoms with Gasteiger partial charge >= 0.3 is 0 Å². The summed E-state index contributed by atoms with van der Waals surface area (Å²) < 4.78 is 15.1. The van der Waals surface area contributed by atoms with Gasteiger partial charge in [0.25, 0.3) is 5.91 Å². The van der Waals surface area contributed by atoms with E-state index in [0.717, 1.165) is 28.1 Å². The number of hydrogen-bond acceptors (Lipinski definition) is 3. The largest absolute Gasteiger partial charge is 0.327 e. The van der Waals surface area contributed by atoms with Gasteiger partial charge in [-0.05, 0) is 69.7 Å². The third kappa shape index (κ3) is 5.35. The number of benzene rings is 3. The molecule has 1 aromatic heterocycles. The summed E-state index contributed by atoms with van der Waals surface area (Å²) in [7, 11) is 0. The van der Waals surface area contributed by atoms with Crippen molar-refractivity contribution in [2.75, 3.05) is 11.9 Å². The summed E-state index contributed by atoms with van der Waals surface area (Å²) in [6.07, 6.45) is 0. The van der Waals surface area contributed by atoms with Crippen LogP contribution in [0.15, 0.2) is 78.9 Å². The van der Waals surface area contributed by atoms with Crippen molar-refractivity contribution in [1.29, 1.82) is 0 Å². The fraction of sp³-hybridized carbons (Fsp3) is 0.207. The number of hydrogen-bond donors (Lipinski definition) is 1. The van der Waals surface area contributed by atoms with Crippen LogP contribution in [0.25, 0.3) is 16.8 Å². The fourth-order valence-electron chi connectivity index (χ4n) is 4.04. The van der Waals surface area contributed by atoms with E-state index >= 15 is 0 Å². The first-order valence-corrected chi connectivity index (χ1v) is 11.8. The van der Waals surface area contributed by atoms with Crippen LogP contribution in [0.5, 0.6) is 0 Å². The highest BCUT2D eigenvalue weighted by molar-refractivity contribution is 6.01. The van der Waals surface area contributed by atoms with E-state index in [1.54, 1.807) is 4.68 Å². The van der Waals surface area contributed by atoms with Gasteiger partial charge in [-0.1, -0.05) is 48.0 Å². The van der Waals surface area contributed by atoms with Crippen molar-refractivity contribution in [3.05, 3.63) is 102 Å². The first-order valence-electron chi connectivity index (χ1n) is 11.8. The molecule has 0 atom stereocenters. The predicted octanol–water partition coefficient (Wildman–Crippen LogP) is 5.78. The average Bonchev–Trinajstić information content (AvgIpc) is 3.18. The highest BCUT2D eigenvalue weighted by Crippen LogP contribution is 2.33. The molecule has 0 saturated heterocycles. The van der Waals surface area contributed by atoms with Gasteiger partial charge < -0.3 is 10.2 Å². The molecule has 2 amide bonds. The topological polar surface area (TPSA) is 67.2 Å². The quantitative estimate of drug-likeness (QED) is 0.361. The molecule has 0 unspecified atom stereocenters. The van der Waals surface area contributed by atoms with Crippen molar-refractivity contribution < 1.29 is 14.0 Å². The molecule has 7 heteroatoms. The lowest BCUT2D eigenvalue weighted by Gasteiger charge is -2.26. The second kappa shape index (κ2) is 10.6. The fourth-order valence-corrected chi connectivity index (χ4v) is 4.04. The molecule has 0 saturated carbocycles. The molecule has 1 heterocycles. The van der Waals surface area contributed by atoms with E-state index in [9.17, 15) is 14.0 Å². The standard InChI is InChI=1S/C29H29FN4O2/c1-19(2)33(29(36)23-12-14-24(30)15-13-23)18-26(35)31-28-27(22-8-6-5-7-9-22)21(4)32-34(28)25-16-10-20(3)11-17-25/h5-17,19H,18H2,1-4H3,(H,31,35). The number of nitrogens with one attached hydrogen (secondary N) is 1. The first-order chi connectivity index (χ1) is 17.2. The van der Waals surface area contributed by atoms with Crippen LogP contribution in [0.2, 0.25) is 0 Å². The molecule has 184 valence electrons. The number of carbonyl (C=O) groups is 2. The summed E-state index contributed by atoms with van der Waals surface area (Å²) >= 11 is 0. The molecule has 0 fully saturated rings. The number of aromatic nitrogens is 2. The van der Waals surface area contributed by atoms with E-state index in [1.165, 1.54) is 29.2 Å². The van der Waals surface area contributed by atoms with Crippen LogP contribution in [-0.4, -0.2) is 39.1 Å². The Labute approximate surface area is 210 Å². The van der Waals surface area contributed by atoms with E-state index < -0.39 is 5.82 Å². The maximum atomic E-state index is 13.3. The second-order valence-corrected chi connectivity index (χ2v) is 9.00. The number of nitrogens with zero attached hydrogens (tertiary/aromatic N) is 3. The Kier molecular flexibility index (Phi) is 7.29. The summed E-state index contributed by atoms with van der Waals surface area (Å²) in [4.78, 5) is 27.9. The van der Waals surface area contributed by atoms with E-state index in [-0.39, 0.29) is 24.4 Å². The maximum Gasteiger partial charge on any atom is 0.254 e. The van der Waals surface area contributed by atoms with Gasteiger partial charge in [-0.2, -0.15) is 5.10 Å². The molecule has 0 aliphatic carbocycles. The van der Waals surface area contributed by atoms with E-state index in [2.05, 4.69) is 5.32 Å². The molecule has 0 aliphatic heterocycles. The summed E-state index contributed by atoms with van der Waals surface area (Å²) in [5, 5.41) is 7.75. The summed E-state index contributed by atoms with van der Waals surface area (Å²) in [5.41, 5.74) is 4.74. The van der Waals surface area contributed by atoms with Crippen LogP contribution in [0, 0.1) is 19.7 Å². The lowest BCUT2D eigenvalue weighted by Crippen LogP contribution is -2.42. The molecule has 4 rings (SSSR count). The van der Waals surface area contributed by atoms with Crippen LogP contribution >= 0.6 is 0 Å². The third-order valence-electron chi connectivity index (χ3n) is 5.95. The number of anilines is 1. The van der Waals surface area contributed by atoms with Gasteiger partial charge in [0.05, 0.1) is 11.4 Å². The number of rotatable bonds is 7. The molecule has 1 N–H and O–H groups in total. The van der Waals surface area contributed by atoms with Gasteiger partial charge in [0.15, 0.2) is 0 Å². The molecule has 0 spiro atoms. The number of halogens is 1. The first kappa shape index (κ1) is 24.9. The Hall–Kier alpha value is -4.26. The third-order valence-corrected chi connectivity index (χ3v) is 5.95. The maximum absolute atomic E-state index is 13.3. The van der Waals surface area contributed by atoms with Gasteiger partial charge in [0.1, 0.15) is 18.2 Å². The van der Waals surface area contributed by atoms with Gasteiger partial charge in [-0.3, -0.25) is 9.59 Å². The summed E-state index contributed by atoms with van der Waals surface area (Å²) in [5.74, 6) is -0.588. The highest BCUT2D eigenvalue weighted by Gasteiger charge is 2.25. The van der Waals surface area contributed by atoms with Gasteiger partial charge in [0.2, 0.25) is 5.91 Å². The lowest BCUT2D eigenvalue weighted by molar-refractivity contribution is -0.117. The normalized spacial score (nSPS) is 10.9. The smallest absolute Gasteiger partial charge is 0.254 e. The van der Waals surface area contributed by atoms with E-state index in [4.69, 9.17) is 5.10 Å². The van der Waals surface area contributed by atoms with E-state index in [0.29, 0.717) is 11.4 Å². The minimum atomic E-state index is -0.423. The molecule has 0 bridgehead atoms. The van der Waals surface area contributed by atoms with Crippen molar-refractivity contribution in [2.45, 2.75) is 33.7 Å². The molecule has 3 aromatic carbocycles. The zero-order chi connectivity index (χ0) is 25.8. The molecule has 0 radical (unpaired) electrons. The molecule has 36 heavy (non-hydrogen) atoms. The Balaban J connectivity index is 1.68. The van der Waals surface area contributed by atoms with Crippen molar-refractivity contribution in [2.24, 2.45) is 0 Å². The number of carbonyl (C=O) groups excluding carboxylic acids is 2. The van der Waals surface area contributed by atoms with Gasteiger partial charge in [-0.25, -0.2) is 9.07 Å². The van der Waals surface area contributed by atoms with Crippen molar-refractivity contribution in [1.82, 2.24) is 14.7 Å². The van der Waals surface area contributed by atoms with Crippen molar-refractivity contribution in [3.8, 4) is 16.8 Å². The summed E-state index contributed by atoms with van der Waals surface area (Å²) in [6, 6.07) is 22.7. The van der Waals surface area contributed by atoms with Crippen LogP contribution in [0.3, 0.4) is 0 Å². The van der Waals surface area contributed by atoms with Gasteiger partial charge in [-0.15, -0.1) is 0 Å². The van der Waals surface area contributed by atoms with Gasteiger partial charge in [0, 0.05) is 17.2 Å². The Bertz CT molecular complexity index is 1360. The Morgan fingerprint density at radius 2 is 1.58 bits per heavy atom. The molecule has 6 nitrogen and oxygen atoms in total. The number of aryl methyl sites for hydroxylation is 2. The minimum absolute atomic E-state index is 0.166. The zero-order valence-corrected chi connectivity index (χ0v) is 20.8. The minimum Gasteiger partial charge on any atom is -0.327 e. The van der Waals surface area contributed by atoms with Crippen molar-refractivity contribution in [3.63, 3.8) is 0 Å². The molecular weight excluding hydrogens is 455 g/mol. The SMILES string of the molecule is Cc1ccc(-n2nc(C)c(-c3ccccc3)c2NC(=O)CN(C(=O)c2ccc(F)cc2)C(C)C)cc1. The molecule has 0 aliphatic rings. The van der Waals surface area contributed by atoms with E-state index in [1.807, 2.05) is 82.3 Å². The number of amides is 2. The predicted molar refractivity (Wildman–Crippen MR) is 140 cm³/mol. The lowest BCUT2D eigenvalue weighted by atomic mass is 10.1. The highest BCUT2D eigenvalue weighted by atomic mass is 19.1. The molecular formula is C29H29FN4O2. The van der Waals surface area contributed by atoms with Crippen LogP contribution < -0.4 is 5.32 Å². The van der Waals surface area contributed by atoms with Crippen LogP contribution in [0.1, 0.15) is 35.5 Å².